The number of nitrogens with zero attached hydrogens (tertiary/aromatic N) is 1. The normalized spacial score (nSPS) is 12.4. The topological polar surface area (TPSA) is 49.8 Å². The van der Waals surface area contributed by atoms with Crippen molar-refractivity contribution in [3.63, 3.8) is 0 Å². The molecule has 0 radical (unpaired) electrons. The van der Waals surface area contributed by atoms with Gasteiger partial charge in [0.1, 0.15) is 6.61 Å². The fraction of sp³-hybridized carbons (Fsp3) is 0.562. The minimum atomic E-state index is -0.187. The third-order valence-electron chi connectivity index (χ3n) is 3.11. The van der Waals surface area contributed by atoms with E-state index in [1.54, 1.807) is 0 Å². The van der Waals surface area contributed by atoms with E-state index in [1.807, 2.05) is 37.3 Å². The summed E-state index contributed by atoms with van der Waals surface area (Å²) in [5.74, 6) is -0.371. The van der Waals surface area contributed by atoms with Gasteiger partial charge in [0.2, 0.25) is 0 Å². The first-order valence-corrected chi connectivity index (χ1v) is 7.21. The quantitative estimate of drug-likeness (QED) is 0.703. The van der Waals surface area contributed by atoms with Gasteiger partial charge in [-0.3, -0.25) is 4.79 Å². The highest BCUT2D eigenvalue weighted by Gasteiger charge is 2.18. The first-order valence-electron chi connectivity index (χ1n) is 7.21. The summed E-state index contributed by atoms with van der Waals surface area (Å²) in [6, 6.07) is 9.67. The molecule has 0 aromatic heterocycles. The van der Waals surface area contributed by atoms with Gasteiger partial charge in [-0.25, -0.2) is 0 Å². The zero-order valence-corrected chi connectivity index (χ0v) is 12.4. The number of hydrogen-bond donors (Lipinski definition) is 1. The summed E-state index contributed by atoms with van der Waals surface area (Å²) in [4.78, 5) is 14.0. The minimum absolute atomic E-state index is 0.117. The lowest BCUT2D eigenvalue weighted by Crippen LogP contribution is -2.35. The van der Waals surface area contributed by atoms with Gasteiger partial charge in [-0.15, -0.1) is 0 Å². The van der Waals surface area contributed by atoms with E-state index in [-0.39, 0.29) is 18.5 Å². The van der Waals surface area contributed by atoms with Crippen LogP contribution in [0.2, 0.25) is 0 Å². The molecule has 0 aliphatic rings. The van der Waals surface area contributed by atoms with Crippen molar-refractivity contribution in [1.29, 1.82) is 0 Å². The molecule has 4 heteroatoms. The van der Waals surface area contributed by atoms with Crippen molar-refractivity contribution in [1.82, 2.24) is 4.90 Å². The van der Waals surface area contributed by atoms with Gasteiger partial charge in [-0.05, 0) is 18.5 Å². The van der Waals surface area contributed by atoms with Gasteiger partial charge < -0.3 is 14.7 Å². The van der Waals surface area contributed by atoms with Crippen LogP contribution in [0.4, 0.5) is 0 Å². The fourth-order valence-corrected chi connectivity index (χ4v) is 2.08. The summed E-state index contributed by atoms with van der Waals surface area (Å²) >= 11 is 0. The second-order valence-corrected chi connectivity index (χ2v) is 5.02. The van der Waals surface area contributed by atoms with E-state index in [1.165, 1.54) is 0 Å². The molecule has 0 spiro atoms. The molecule has 0 saturated carbocycles. The maximum atomic E-state index is 11.9. The van der Waals surface area contributed by atoms with E-state index in [0.29, 0.717) is 19.7 Å². The van der Waals surface area contributed by atoms with E-state index in [9.17, 15) is 4.79 Å². The standard InChI is InChI=1S/C16H25NO3/c1-3-9-17(10-11-18)12-14(2)16(19)20-13-15-7-5-4-6-8-15/h4-8,14,18H,3,9-13H2,1-2H3. The van der Waals surface area contributed by atoms with Gasteiger partial charge in [-0.1, -0.05) is 44.2 Å². The highest BCUT2D eigenvalue weighted by molar-refractivity contribution is 5.72. The van der Waals surface area contributed by atoms with Crippen LogP contribution < -0.4 is 0 Å². The lowest BCUT2D eigenvalue weighted by molar-refractivity contribution is -0.150. The summed E-state index contributed by atoms with van der Waals surface area (Å²) < 4.78 is 5.32. The number of benzene rings is 1. The SMILES string of the molecule is CCCN(CCO)CC(C)C(=O)OCc1ccccc1. The lowest BCUT2D eigenvalue weighted by Gasteiger charge is -2.23. The van der Waals surface area contributed by atoms with E-state index in [4.69, 9.17) is 9.84 Å². The fourth-order valence-electron chi connectivity index (χ4n) is 2.08. The third-order valence-corrected chi connectivity index (χ3v) is 3.11. The summed E-state index contributed by atoms with van der Waals surface area (Å²) in [5, 5.41) is 9.01. The van der Waals surface area contributed by atoms with Crippen LogP contribution in [0.5, 0.6) is 0 Å². The minimum Gasteiger partial charge on any atom is -0.461 e. The number of hydrogen-bond acceptors (Lipinski definition) is 4. The van der Waals surface area contributed by atoms with Crippen molar-refractivity contribution >= 4 is 5.97 Å². The molecule has 0 fully saturated rings. The second-order valence-electron chi connectivity index (χ2n) is 5.02. The lowest BCUT2D eigenvalue weighted by atomic mass is 10.1. The number of aliphatic hydroxyl groups excluding tert-OH is 1. The predicted molar refractivity (Wildman–Crippen MR) is 79.2 cm³/mol. The van der Waals surface area contributed by atoms with Gasteiger partial charge in [0.05, 0.1) is 12.5 Å². The molecule has 1 aromatic carbocycles. The summed E-state index contributed by atoms with van der Waals surface area (Å²) in [6.45, 7) is 6.50. The molecular weight excluding hydrogens is 254 g/mol. The van der Waals surface area contributed by atoms with Crippen molar-refractivity contribution < 1.29 is 14.6 Å². The maximum Gasteiger partial charge on any atom is 0.310 e. The average Bonchev–Trinajstić information content (AvgIpc) is 2.46. The number of rotatable bonds is 9. The van der Waals surface area contributed by atoms with E-state index < -0.39 is 0 Å². The molecule has 0 saturated heterocycles. The number of carbonyl (C=O) groups excluding carboxylic acids is 1. The highest BCUT2D eigenvalue weighted by atomic mass is 16.5. The molecule has 20 heavy (non-hydrogen) atoms. The Morgan fingerprint density at radius 3 is 2.60 bits per heavy atom. The molecule has 0 aliphatic heterocycles. The monoisotopic (exact) mass is 279 g/mol. The van der Waals surface area contributed by atoms with Gasteiger partial charge in [0.25, 0.3) is 0 Å². The number of ether oxygens (including phenoxy) is 1. The molecule has 112 valence electrons. The molecule has 1 atom stereocenters. The zero-order chi connectivity index (χ0) is 14.8. The molecule has 4 nitrogen and oxygen atoms in total. The van der Waals surface area contributed by atoms with E-state index in [2.05, 4.69) is 11.8 Å². The van der Waals surface area contributed by atoms with Crippen LogP contribution in [0.3, 0.4) is 0 Å². The molecule has 1 rings (SSSR count). The van der Waals surface area contributed by atoms with Crippen LogP contribution in [0.1, 0.15) is 25.8 Å². The largest absolute Gasteiger partial charge is 0.461 e. The molecule has 0 heterocycles. The first kappa shape index (κ1) is 16.7. The Morgan fingerprint density at radius 1 is 1.30 bits per heavy atom. The zero-order valence-electron chi connectivity index (χ0n) is 12.4. The highest BCUT2D eigenvalue weighted by Crippen LogP contribution is 2.07. The van der Waals surface area contributed by atoms with Crippen LogP contribution in [0.15, 0.2) is 30.3 Å². The Hall–Kier alpha value is -1.39. The van der Waals surface area contributed by atoms with Gasteiger partial charge >= 0.3 is 5.97 Å². The van der Waals surface area contributed by atoms with Crippen molar-refractivity contribution in [3.05, 3.63) is 35.9 Å². The van der Waals surface area contributed by atoms with Gasteiger partial charge in [0.15, 0.2) is 0 Å². The van der Waals surface area contributed by atoms with Gasteiger partial charge in [0, 0.05) is 13.1 Å². The molecule has 0 amide bonds. The molecule has 0 aliphatic carbocycles. The van der Waals surface area contributed by atoms with Crippen molar-refractivity contribution in [2.24, 2.45) is 5.92 Å². The van der Waals surface area contributed by atoms with E-state index >= 15 is 0 Å². The Balaban J connectivity index is 2.37. The summed E-state index contributed by atoms with van der Waals surface area (Å²) in [7, 11) is 0. The molecular formula is C16H25NO3. The molecule has 1 unspecified atom stereocenters. The Morgan fingerprint density at radius 2 is 2.00 bits per heavy atom. The Kier molecular flexibility index (Phi) is 7.92. The van der Waals surface area contributed by atoms with E-state index in [0.717, 1.165) is 18.5 Å². The van der Waals surface area contributed by atoms with Crippen LogP contribution in [0, 0.1) is 5.92 Å². The van der Waals surface area contributed by atoms with Crippen molar-refractivity contribution in [3.8, 4) is 0 Å². The Bertz CT molecular complexity index is 375. The average molecular weight is 279 g/mol. The molecule has 1 aromatic rings. The number of aliphatic hydroxyl groups is 1. The first-order chi connectivity index (χ1) is 9.67. The van der Waals surface area contributed by atoms with Crippen LogP contribution in [-0.4, -0.2) is 42.2 Å². The smallest absolute Gasteiger partial charge is 0.310 e. The summed E-state index contributed by atoms with van der Waals surface area (Å²) in [6.07, 6.45) is 1.01. The van der Waals surface area contributed by atoms with Crippen molar-refractivity contribution in [2.45, 2.75) is 26.9 Å². The number of carbonyl (C=O) groups is 1. The molecule has 1 N–H and O–H groups in total. The van der Waals surface area contributed by atoms with Crippen molar-refractivity contribution in [2.75, 3.05) is 26.2 Å². The Labute approximate surface area is 121 Å². The van der Waals surface area contributed by atoms with Gasteiger partial charge in [-0.2, -0.15) is 0 Å². The second kappa shape index (κ2) is 9.50. The molecule has 0 bridgehead atoms. The maximum absolute atomic E-state index is 11.9. The summed E-state index contributed by atoms with van der Waals surface area (Å²) in [5.41, 5.74) is 0.994. The van der Waals surface area contributed by atoms with Crippen LogP contribution in [-0.2, 0) is 16.1 Å². The van der Waals surface area contributed by atoms with Crippen LogP contribution >= 0.6 is 0 Å². The third kappa shape index (κ3) is 6.17. The predicted octanol–water partition coefficient (Wildman–Crippen LogP) is 2.07. The number of esters is 1. The van der Waals surface area contributed by atoms with Crippen LogP contribution in [0.25, 0.3) is 0 Å².